The van der Waals surface area contributed by atoms with Gasteiger partial charge in [0.15, 0.2) is 0 Å². The molecule has 1 aliphatic carbocycles. The van der Waals surface area contributed by atoms with E-state index in [0.29, 0.717) is 12.0 Å². The Balaban J connectivity index is 2.81. The van der Waals surface area contributed by atoms with E-state index in [1.54, 1.807) is 0 Å². The highest BCUT2D eigenvalue weighted by molar-refractivity contribution is 5.00. The predicted molar refractivity (Wildman–Crippen MR) is 76.2 cm³/mol. The van der Waals surface area contributed by atoms with Crippen LogP contribution >= 0.6 is 0 Å². The molecular weight excluding hydrogens is 208 g/mol. The Kier molecular flexibility index (Phi) is 5.94. The van der Waals surface area contributed by atoms with Crippen molar-refractivity contribution in [3.63, 3.8) is 0 Å². The molecule has 1 aliphatic rings. The van der Waals surface area contributed by atoms with E-state index in [4.69, 9.17) is 5.73 Å². The molecule has 2 unspecified atom stereocenters. The Bertz CT molecular complexity index is 205. The molecule has 1 saturated carbocycles. The summed E-state index contributed by atoms with van der Waals surface area (Å²) >= 11 is 0. The van der Waals surface area contributed by atoms with Crippen LogP contribution in [0, 0.1) is 5.92 Å². The van der Waals surface area contributed by atoms with Crippen LogP contribution in [0.15, 0.2) is 0 Å². The predicted octanol–water partition coefficient (Wildman–Crippen LogP) is 3.40. The summed E-state index contributed by atoms with van der Waals surface area (Å²) in [6.45, 7) is 4.60. The lowest BCUT2D eigenvalue weighted by atomic mass is 9.75. The second-order valence-corrected chi connectivity index (χ2v) is 6.20. The van der Waals surface area contributed by atoms with Crippen LogP contribution in [0.4, 0.5) is 0 Å². The summed E-state index contributed by atoms with van der Waals surface area (Å²) in [6.07, 6.45) is 10.6. The van der Waals surface area contributed by atoms with Gasteiger partial charge in [-0.05, 0) is 39.3 Å². The van der Waals surface area contributed by atoms with Gasteiger partial charge in [-0.3, -0.25) is 0 Å². The van der Waals surface area contributed by atoms with Crippen molar-refractivity contribution in [2.45, 2.75) is 76.8 Å². The third-order valence-corrected chi connectivity index (χ3v) is 4.84. The summed E-state index contributed by atoms with van der Waals surface area (Å²) in [7, 11) is 4.45. The van der Waals surface area contributed by atoms with Gasteiger partial charge in [-0.1, -0.05) is 46.0 Å². The number of hydrogen-bond donors (Lipinski definition) is 1. The minimum absolute atomic E-state index is 0.255. The number of hydrogen-bond acceptors (Lipinski definition) is 2. The van der Waals surface area contributed by atoms with Gasteiger partial charge < -0.3 is 10.6 Å². The van der Waals surface area contributed by atoms with Crippen LogP contribution in [0.5, 0.6) is 0 Å². The van der Waals surface area contributed by atoms with Gasteiger partial charge in [0.25, 0.3) is 0 Å². The van der Waals surface area contributed by atoms with Gasteiger partial charge in [0, 0.05) is 11.6 Å². The van der Waals surface area contributed by atoms with Crippen LogP contribution in [0.2, 0.25) is 0 Å². The topological polar surface area (TPSA) is 29.3 Å². The molecule has 2 nitrogen and oxygen atoms in total. The van der Waals surface area contributed by atoms with Crippen molar-refractivity contribution in [3.8, 4) is 0 Å². The molecule has 17 heavy (non-hydrogen) atoms. The molecule has 0 heterocycles. The molecule has 0 aromatic rings. The molecule has 1 fully saturated rings. The highest BCUT2D eigenvalue weighted by Crippen LogP contribution is 2.36. The summed E-state index contributed by atoms with van der Waals surface area (Å²) in [5, 5.41) is 0. The quantitative estimate of drug-likeness (QED) is 0.746. The fraction of sp³-hybridized carbons (Fsp3) is 1.00. The smallest absolute Gasteiger partial charge is 0.0356 e. The van der Waals surface area contributed by atoms with Gasteiger partial charge in [-0.15, -0.1) is 0 Å². The Morgan fingerprint density at radius 1 is 1.12 bits per heavy atom. The van der Waals surface area contributed by atoms with Crippen LogP contribution < -0.4 is 5.73 Å². The van der Waals surface area contributed by atoms with Crippen molar-refractivity contribution in [2.75, 3.05) is 14.1 Å². The average molecular weight is 240 g/mol. The SMILES string of the molecule is CCCC(C)C(N)C1(N(C)C)CCCCCC1. The molecule has 0 aromatic carbocycles. The van der Waals surface area contributed by atoms with E-state index in [2.05, 4.69) is 32.8 Å². The van der Waals surface area contributed by atoms with Gasteiger partial charge in [0.2, 0.25) is 0 Å². The van der Waals surface area contributed by atoms with Gasteiger partial charge in [0.1, 0.15) is 0 Å². The Labute approximate surface area is 108 Å². The Hall–Kier alpha value is -0.0800. The minimum Gasteiger partial charge on any atom is -0.326 e. The van der Waals surface area contributed by atoms with E-state index < -0.39 is 0 Å². The standard InChI is InChI=1S/C15H32N2/c1-5-10-13(2)14(16)15(17(3)4)11-8-6-7-9-12-15/h13-14H,5-12,16H2,1-4H3. The van der Waals surface area contributed by atoms with E-state index in [9.17, 15) is 0 Å². The van der Waals surface area contributed by atoms with E-state index in [-0.39, 0.29) is 5.54 Å². The monoisotopic (exact) mass is 240 g/mol. The lowest BCUT2D eigenvalue weighted by Gasteiger charge is -2.46. The van der Waals surface area contributed by atoms with Crippen molar-refractivity contribution in [3.05, 3.63) is 0 Å². The maximum absolute atomic E-state index is 6.64. The molecule has 0 saturated heterocycles. The first-order valence-electron chi connectivity index (χ1n) is 7.47. The average Bonchev–Trinajstić information content (AvgIpc) is 2.54. The second-order valence-electron chi connectivity index (χ2n) is 6.20. The highest BCUT2D eigenvalue weighted by Gasteiger charge is 2.40. The van der Waals surface area contributed by atoms with Crippen molar-refractivity contribution in [1.29, 1.82) is 0 Å². The van der Waals surface area contributed by atoms with Crippen molar-refractivity contribution < 1.29 is 0 Å². The van der Waals surface area contributed by atoms with Gasteiger partial charge in [0.05, 0.1) is 0 Å². The molecule has 2 heteroatoms. The van der Waals surface area contributed by atoms with Crippen LogP contribution in [-0.2, 0) is 0 Å². The fourth-order valence-electron chi connectivity index (χ4n) is 3.58. The van der Waals surface area contributed by atoms with Crippen LogP contribution in [0.25, 0.3) is 0 Å². The van der Waals surface area contributed by atoms with E-state index in [0.717, 1.165) is 0 Å². The zero-order valence-corrected chi connectivity index (χ0v) is 12.3. The third-order valence-electron chi connectivity index (χ3n) is 4.84. The first-order valence-corrected chi connectivity index (χ1v) is 7.47. The summed E-state index contributed by atoms with van der Waals surface area (Å²) < 4.78 is 0. The van der Waals surface area contributed by atoms with Crippen LogP contribution in [-0.4, -0.2) is 30.6 Å². The molecule has 1 rings (SSSR count). The third kappa shape index (κ3) is 3.45. The molecule has 2 N–H and O–H groups in total. The van der Waals surface area contributed by atoms with Crippen LogP contribution in [0.3, 0.4) is 0 Å². The Morgan fingerprint density at radius 2 is 1.65 bits per heavy atom. The maximum atomic E-state index is 6.64. The first-order chi connectivity index (χ1) is 8.04. The number of rotatable bonds is 5. The Morgan fingerprint density at radius 3 is 2.06 bits per heavy atom. The molecule has 102 valence electrons. The molecule has 0 radical (unpaired) electrons. The summed E-state index contributed by atoms with van der Waals surface area (Å²) in [6, 6.07) is 0.329. The largest absolute Gasteiger partial charge is 0.326 e. The van der Waals surface area contributed by atoms with Crippen molar-refractivity contribution in [2.24, 2.45) is 11.7 Å². The lowest BCUT2D eigenvalue weighted by molar-refractivity contribution is 0.0724. The highest BCUT2D eigenvalue weighted by atomic mass is 15.2. The normalized spacial score (nSPS) is 24.4. The van der Waals surface area contributed by atoms with Crippen molar-refractivity contribution >= 4 is 0 Å². The lowest BCUT2D eigenvalue weighted by Crippen LogP contribution is -2.59. The van der Waals surface area contributed by atoms with Gasteiger partial charge in [-0.2, -0.15) is 0 Å². The first kappa shape index (κ1) is 15.0. The van der Waals surface area contributed by atoms with Gasteiger partial charge in [-0.25, -0.2) is 0 Å². The molecule has 0 amide bonds. The summed E-state index contributed by atoms with van der Waals surface area (Å²) in [4.78, 5) is 2.43. The van der Waals surface area contributed by atoms with Crippen molar-refractivity contribution in [1.82, 2.24) is 4.90 Å². The zero-order valence-electron chi connectivity index (χ0n) is 12.3. The van der Waals surface area contributed by atoms with E-state index in [1.807, 2.05) is 0 Å². The number of likely N-dealkylation sites (N-methyl/N-ethyl adjacent to an activating group) is 1. The molecular formula is C15H32N2. The molecule has 2 atom stereocenters. The second kappa shape index (κ2) is 6.75. The number of nitrogens with two attached hydrogens (primary N) is 1. The van der Waals surface area contributed by atoms with E-state index in [1.165, 1.54) is 51.4 Å². The maximum Gasteiger partial charge on any atom is 0.0356 e. The molecule has 0 spiro atoms. The molecule has 0 aliphatic heterocycles. The van der Waals surface area contributed by atoms with Gasteiger partial charge >= 0.3 is 0 Å². The fourth-order valence-corrected chi connectivity index (χ4v) is 3.58. The summed E-state index contributed by atoms with van der Waals surface area (Å²) in [5.41, 5.74) is 6.90. The minimum atomic E-state index is 0.255. The summed E-state index contributed by atoms with van der Waals surface area (Å²) in [5.74, 6) is 0.639. The molecule has 0 bridgehead atoms. The van der Waals surface area contributed by atoms with E-state index >= 15 is 0 Å². The number of nitrogens with zero attached hydrogens (tertiary/aromatic N) is 1. The molecule has 0 aromatic heterocycles. The zero-order chi connectivity index (χ0) is 12.9. The van der Waals surface area contributed by atoms with Crippen LogP contribution in [0.1, 0.15) is 65.2 Å².